The van der Waals surface area contributed by atoms with Gasteiger partial charge in [-0.2, -0.15) is 33.5 Å². The predicted octanol–water partition coefficient (Wildman–Crippen LogP) is 6.60. The Balaban J connectivity index is 0.000000134. The topological polar surface area (TPSA) is 137 Å². The number of halogens is 4. The summed E-state index contributed by atoms with van der Waals surface area (Å²) in [7, 11) is 1.63. The van der Waals surface area contributed by atoms with Crippen LogP contribution in [0.2, 0.25) is 0 Å². The molecule has 2 atom stereocenters. The predicted molar refractivity (Wildman–Crippen MR) is 256 cm³/mol. The van der Waals surface area contributed by atoms with E-state index in [0.717, 1.165) is 85.8 Å². The first-order valence-electron chi connectivity index (χ1n) is 20.5. The molecule has 9 aromatic rings. The Morgan fingerprint density at radius 3 is 1.91 bits per heavy atom. The molecule has 6 aromatic heterocycles. The van der Waals surface area contributed by atoms with E-state index in [1.165, 1.54) is 22.5 Å². The molecule has 3 aliphatic rings. The number of benzene rings is 3. The number of methoxy groups -OCH3 is 1. The molecule has 65 heavy (non-hydrogen) atoms. The Hall–Kier alpha value is -4.36. The molecule has 0 bridgehead atoms. The standard InChI is InChI=1S/C16H14BrN3O.C16H14BrN3.C9H6BrN3O.C7H7O.BrH.Mg/c1-10-4-2-3-5-11(10)16(21)9-8-12-15(16)20-14(18-12)7-6-13(17)19-20;1-10-4-2-3-5-11(10)12-6-7-13-16(12)20-15(18-13)9-8-14(17)19-20;10-7-3-4-8-11-5-1-2-6(14)9(5)13(8)12-7;1-8-7-5-3-2-4-6-7;;/h2-7,21H,8-9H2,1H3;2-5,8-9,12H,6-7H2,1H3;3-4H,1-2H2;2-5H,1H3;1H;/q;;;-1;;+2/p-1. The number of carbonyl (C=O) groups excluding carboxylic acids is 1. The van der Waals surface area contributed by atoms with Crippen molar-refractivity contribution in [2.75, 3.05) is 7.11 Å². The van der Waals surface area contributed by atoms with Crippen LogP contribution in [0.3, 0.4) is 0 Å². The molecular weight excluding hydrogens is 1090 g/mol. The van der Waals surface area contributed by atoms with Gasteiger partial charge in [-0.3, -0.25) is 4.79 Å². The molecule has 0 saturated carbocycles. The minimum atomic E-state index is -1.02. The Bertz CT molecular complexity index is 3160. The number of aryl methyl sites for hydroxylation is 5. The summed E-state index contributed by atoms with van der Waals surface area (Å²) >= 11 is 10.1. The zero-order valence-corrected chi connectivity index (χ0v) is 43.5. The van der Waals surface area contributed by atoms with Gasteiger partial charge in [-0.25, -0.2) is 28.5 Å². The van der Waals surface area contributed by atoms with Gasteiger partial charge < -0.3 is 26.8 Å². The maximum Gasteiger partial charge on any atom is 2.00 e. The van der Waals surface area contributed by atoms with Gasteiger partial charge in [0.2, 0.25) is 0 Å². The van der Waals surface area contributed by atoms with E-state index in [0.29, 0.717) is 29.1 Å². The molecule has 3 aromatic carbocycles. The van der Waals surface area contributed by atoms with Gasteiger partial charge in [0.15, 0.2) is 22.7 Å². The van der Waals surface area contributed by atoms with Crippen LogP contribution in [-0.4, -0.2) is 84.8 Å². The third kappa shape index (κ3) is 9.74. The fourth-order valence-corrected chi connectivity index (χ4v) is 9.60. The van der Waals surface area contributed by atoms with E-state index in [1.54, 1.807) is 16.1 Å². The molecular formula is C48H41Br4MgN9O3. The second-order valence-electron chi connectivity index (χ2n) is 15.5. The number of ketones is 1. The fraction of sp³-hybridized carbons (Fsp3) is 0.229. The summed E-state index contributed by atoms with van der Waals surface area (Å²) in [4.78, 5) is 25.2. The average molecular weight is 1140 g/mol. The van der Waals surface area contributed by atoms with Crippen LogP contribution in [0.15, 0.2) is 123 Å². The fourth-order valence-electron chi connectivity index (χ4n) is 8.73. The van der Waals surface area contributed by atoms with E-state index >= 15 is 0 Å². The number of para-hydroxylation sites is 1. The third-order valence-electron chi connectivity index (χ3n) is 11.6. The van der Waals surface area contributed by atoms with E-state index in [2.05, 4.69) is 110 Å². The van der Waals surface area contributed by atoms with Crippen molar-refractivity contribution >= 4 is 93.6 Å². The van der Waals surface area contributed by atoms with Crippen LogP contribution in [-0.2, 0) is 24.9 Å². The minimum Gasteiger partial charge on any atom is -1.00 e. The molecule has 12 rings (SSSR count). The van der Waals surface area contributed by atoms with Crippen LogP contribution in [0.25, 0.3) is 16.9 Å². The largest absolute Gasteiger partial charge is 2.00 e. The van der Waals surface area contributed by atoms with Crippen LogP contribution in [0.5, 0.6) is 5.75 Å². The summed E-state index contributed by atoms with van der Waals surface area (Å²) in [6, 6.07) is 38.4. The summed E-state index contributed by atoms with van der Waals surface area (Å²) in [5.74, 6) is 1.33. The summed E-state index contributed by atoms with van der Waals surface area (Å²) in [6.45, 7) is 4.21. The first-order valence-corrected chi connectivity index (χ1v) is 22.9. The summed E-state index contributed by atoms with van der Waals surface area (Å²) in [5.41, 5.74) is 11.9. The SMILES string of the molecule is COc1[c-]cccc1.Cc1ccccc1C1(O)CCc2nc3ccc(Br)nn3c21.Cc1ccccc1C1CCc2nc3ccc(Br)nn3c21.O=C1CCc2nc3ccc(Br)nn3c21.[Br-].[Mg+2]. The summed E-state index contributed by atoms with van der Waals surface area (Å²) in [6.07, 6.45) is 4.88. The van der Waals surface area contributed by atoms with Crippen LogP contribution in [0.1, 0.15) is 86.4 Å². The number of ether oxygens (including phenoxy) is 1. The smallest absolute Gasteiger partial charge is 1.00 e. The van der Waals surface area contributed by atoms with E-state index in [-0.39, 0.29) is 45.8 Å². The number of aliphatic hydroxyl groups is 1. The second-order valence-corrected chi connectivity index (χ2v) is 18.0. The quantitative estimate of drug-likeness (QED) is 0.153. The number of fused-ring (bicyclic) bond motifs is 9. The van der Waals surface area contributed by atoms with Crippen molar-refractivity contribution in [1.29, 1.82) is 0 Å². The van der Waals surface area contributed by atoms with Gasteiger partial charge in [-0.1, -0.05) is 48.5 Å². The van der Waals surface area contributed by atoms with Crippen molar-refractivity contribution < 1.29 is 31.6 Å². The Kier molecular flexibility index (Phi) is 15.4. The first kappa shape index (κ1) is 48.6. The van der Waals surface area contributed by atoms with Crippen LogP contribution in [0, 0.1) is 19.9 Å². The summed E-state index contributed by atoms with van der Waals surface area (Å²) in [5, 5.41) is 24.6. The third-order valence-corrected chi connectivity index (χ3v) is 12.9. The molecule has 0 aliphatic heterocycles. The minimum absolute atomic E-state index is 0. The summed E-state index contributed by atoms with van der Waals surface area (Å²) < 4.78 is 12.5. The first-order chi connectivity index (χ1) is 30.5. The number of hydrogen-bond donors (Lipinski definition) is 1. The molecule has 1 N–H and O–H groups in total. The number of nitrogens with zero attached hydrogens (tertiary/aromatic N) is 9. The van der Waals surface area contributed by atoms with E-state index < -0.39 is 5.60 Å². The van der Waals surface area contributed by atoms with Crippen molar-refractivity contribution in [2.45, 2.75) is 63.9 Å². The molecule has 0 amide bonds. The number of aromatic nitrogens is 9. The van der Waals surface area contributed by atoms with Gasteiger partial charge in [0.05, 0.1) is 29.9 Å². The molecule has 17 heteroatoms. The number of hydrogen-bond acceptors (Lipinski definition) is 9. The molecule has 0 spiro atoms. The maximum absolute atomic E-state index is 11.5. The molecule has 0 fully saturated rings. The van der Waals surface area contributed by atoms with Crippen LogP contribution < -0.4 is 21.7 Å². The van der Waals surface area contributed by atoms with Crippen molar-refractivity contribution in [3.63, 3.8) is 0 Å². The van der Waals surface area contributed by atoms with Crippen molar-refractivity contribution in [1.82, 2.24) is 43.8 Å². The normalized spacial score (nSPS) is 16.5. The number of imidazole rings is 3. The van der Waals surface area contributed by atoms with Gasteiger partial charge in [0.1, 0.15) is 30.8 Å². The number of carbonyl (C=O) groups is 1. The van der Waals surface area contributed by atoms with Crippen molar-refractivity contribution in [3.8, 4) is 5.75 Å². The average Bonchev–Trinajstić information content (AvgIpc) is 4.14. The number of Topliss-reactive ketones (excluding diaryl/α,β-unsaturated/α-hetero) is 1. The molecule has 0 radical (unpaired) electrons. The van der Waals surface area contributed by atoms with Gasteiger partial charge in [0.25, 0.3) is 0 Å². The van der Waals surface area contributed by atoms with Gasteiger partial charge in [-0.05, 0) is 152 Å². The molecule has 6 heterocycles. The monoisotopic (exact) mass is 1130 g/mol. The maximum atomic E-state index is 11.5. The molecule has 326 valence electrons. The zero-order chi connectivity index (χ0) is 43.8. The molecule has 2 unspecified atom stereocenters. The Morgan fingerprint density at radius 1 is 0.677 bits per heavy atom. The Morgan fingerprint density at radius 2 is 1.26 bits per heavy atom. The van der Waals surface area contributed by atoms with E-state index in [1.807, 2.05) is 96.4 Å². The van der Waals surface area contributed by atoms with Gasteiger partial charge in [0, 0.05) is 18.1 Å². The van der Waals surface area contributed by atoms with Crippen molar-refractivity contribution in [3.05, 3.63) is 185 Å². The van der Waals surface area contributed by atoms with Crippen LogP contribution in [0.4, 0.5) is 0 Å². The van der Waals surface area contributed by atoms with E-state index in [9.17, 15) is 9.90 Å². The Labute approximate surface area is 427 Å². The molecule has 3 aliphatic carbocycles. The van der Waals surface area contributed by atoms with Crippen LogP contribution >= 0.6 is 47.8 Å². The van der Waals surface area contributed by atoms with Gasteiger partial charge >= 0.3 is 23.1 Å². The van der Waals surface area contributed by atoms with Gasteiger partial charge in [-0.15, -0.1) is 12.1 Å². The molecule has 0 saturated heterocycles. The van der Waals surface area contributed by atoms with Crippen molar-refractivity contribution in [2.24, 2.45) is 0 Å². The zero-order valence-electron chi connectivity index (χ0n) is 35.7. The second kappa shape index (κ2) is 20.7. The molecule has 12 nitrogen and oxygen atoms in total. The number of rotatable bonds is 3. The van der Waals surface area contributed by atoms with E-state index in [4.69, 9.17) is 9.72 Å².